The third-order valence-corrected chi connectivity index (χ3v) is 4.14. The van der Waals surface area contributed by atoms with Crippen LogP contribution in [-0.4, -0.2) is 42.2 Å². The molecule has 1 fully saturated rings. The van der Waals surface area contributed by atoms with Crippen molar-refractivity contribution < 1.29 is 4.74 Å². The van der Waals surface area contributed by atoms with E-state index in [4.69, 9.17) is 4.74 Å². The zero-order valence-corrected chi connectivity index (χ0v) is 13.7. The standard InChI is InChI=1S/C18H25N3O/c1-13(2)20-16-6-4-5-14-7-10-19-18(17(14)16)22-15-8-11-21(3)12-9-15/h4-7,10,13,15,20H,8-9,11-12H2,1-3H3. The highest BCUT2D eigenvalue weighted by atomic mass is 16.5. The summed E-state index contributed by atoms with van der Waals surface area (Å²) in [7, 11) is 2.16. The summed E-state index contributed by atoms with van der Waals surface area (Å²) in [5, 5.41) is 5.77. The van der Waals surface area contributed by atoms with Crippen LogP contribution in [0.4, 0.5) is 5.69 Å². The highest BCUT2D eigenvalue weighted by molar-refractivity contribution is 5.97. The van der Waals surface area contributed by atoms with Gasteiger partial charge in [-0.2, -0.15) is 0 Å². The van der Waals surface area contributed by atoms with Crippen molar-refractivity contribution >= 4 is 16.5 Å². The number of fused-ring (bicyclic) bond motifs is 1. The van der Waals surface area contributed by atoms with Gasteiger partial charge < -0.3 is 15.0 Å². The summed E-state index contributed by atoms with van der Waals surface area (Å²) in [6.45, 7) is 6.47. The summed E-state index contributed by atoms with van der Waals surface area (Å²) in [6, 6.07) is 8.71. The highest BCUT2D eigenvalue weighted by Crippen LogP contribution is 2.32. The smallest absolute Gasteiger partial charge is 0.223 e. The maximum absolute atomic E-state index is 6.26. The Balaban J connectivity index is 1.91. The second-order valence-corrected chi connectivity index (χ2v) is 6.44. The van der Waals surface area contributed by atoms with Crippen molar-refractivity contribution in [2.75, 3.05) is 25.5 Å². The van der Waals surface area contributed by atoms with Gasteiger partial charge in [-0.25, -0.2) is 4.98 Å². The van der Waals surface area contributed by atoms with Crippen LogP contribution in [0.1, 0.15) is 26.7 Å². The van der Waals surface area contributed by atoms with Crippen LogP contribution < -0.4 is 10.1 Å². The first-order valence-electron chi connectivity index (χ1n) is 8.13. The van der Waals surface area contributed by atoms with Gasteiger partial charge in [0, 0.05) is 31.0 Å². The molecule has 0 spiro atoms. The molecular formula is C18H25N3O. The van der Waals surface area contributed by atoms with E-state index >= 15 is 0 Å². The minimum absolute atomic E-state index is 0.265. The Morgan fingerprint density at radius 1 is 1.23 bits per heavy atom. The maximum Gasteiger partial charge on any atom is 0.223 e. The molecule has 1 saturated heterocycles. The minimum atomic E-state index is 0.265. The van der Waals surface area contributed by atoms with Crippen molar-refractivity contribution in [3.63, 3.8) is 0 Å². The number of anilines is 1. The summed E-state index contributed by atoms with van der Waals surface area (Å²) in [6.07, 6.45) is 4.23. The Morgan fingerprint density at radius 2 is 2.00 bits per heavy atom. The molecule has 0 saturated carbocycles. The number of hydrogen-bond acceptors (Lipinski definition) is 4. The quantitative estimate of drug-likeness (QED) is 0.937. The van der Waals surface area contributed by atoms with E-state index in [0.717, 1.165) is 42.9 Å². The Kier molecular flexibility index (Phi) is 4.48. The number of nitrogens with zero attached hydrogens (tertiary/aromatic N) is 2. The van der Waals surface area contributed by atoms with Crippen molar-refractivity contribution in [3.8, 4) is 5.88 Å². The minimum Gasteiger partial charge on any atom is -0.474 e. The van der Waals surface area contributed by atoms with Crippen LogP contribution in [0.2, 0.25) is 0 Å². The lowest BCUT2D eigenvalue weighted by Crippen LogP contribution is -2.35. The molecule has 1 aliphatic rings. The van der Waals surface area contributed by atoms with Gasteiger partial charge in [0.15, 0.2) is 0 Å². The van der Waals surface area contributed by atoms with Crippen LogP contribution in [-0.2, 0) is 0 Å². The first-order chi connectivity index (χ1) is 10.6. The van der Waals surface area contributed by atoms with Gasteiger partial charge in [0.05, 0.1) is 5.39 Å². The normalized spacial score (nSPS) is 17.1. The van der Waals surface area contributed by atoms with Crippen LogP contribution in [0.15, 0.2) is 30.5 Å². The SMILES string of the molecule is CC(C)Nc1cccc2ccnc(OC3CCN(C)CC3)c12. The van der Waals surface area contributed by atoms with Crippen molar-refractivity contribution in [1.29, 1.82) is 0 Å². The largest absolute Gasteiger partial charge is 0.474 e. The molecular weight excluding hydrogens is 274 g/mol. The van der Waals surface area contributed by atoms with Gasteiger partial charge in [-0.05, 0) is 51.3 Å². The zero-order chi connectivity index (χ0) is 15.5. The molecule has 0 atom stereocenters. The van der Waals surface area contributed by atoms with E-state index in [1.165, 1.54) is 5.39 Å². The third kappa shape index (κ3) is 3.33. The van der Waals surface area contributed by atoms with Gasteiger partial charge in [-0.15, -0.1) is 0 Å². The lowest BCUT2D eigenvalue weighted by Gasteiger charge is -2.29. The van der Waals surface area contributed by atoms with Crippen LogP contribution >= 0.6 is 0 Å². The number of ether oxygens (including phenoxy) is 1. The predicted octanol–water partition coefficient (Wildman–Crippen LogP) is 3.53. The fourth-order valence-corrected chi connectivity index (χ4v) is 2.98. The first-order valence-corrected chi connectivity index (χ1v) is 8.13. The fraction of sp³-hybridized carbons (Fsp3) is 0.500. The highest BCUT2D eigenvalue weighted by Gasteiger charge is 2.20. The molecule has 1 aromatic carbocycles. The Hall–Kier alpha value is -1.81. The maximum atomic E-state index is 6.26. The van der Waals surface area contributed by atoms with Crippen LogP contribution in [0.3, 0.4) is 0 Å². The van der Waals surface area contributed by atoms with E-state index in [1.807, 2.05) is 12.3 Å². The van der Waals surface area contributed by atoms with E-state index in [0.29, 0.717) is 6.04 Å². The number of likely N-dealkylation sites (tertiary alicyclic amines) is 1. The molecule has 22 heavy (non-hydrogen) atoms. The Bertz CT molecular complexity index is 628. The van der Waals surface area contributed by atoms with Crippen LogP contribution in [0, 0.1) is 0 Å². The first kappa shape index (κ1) is 15.1. The number of benzene rings is 1. The van der Waals surface area contributed by atoms with Gasteiger partial charge in [-0.3, -0.25) is 0 Å². The Morgan fingerprint density at radius 3 is 2.73 bits per heavy atom. The van der Waals surface area contributed by atoms with Gasteiger partial charge in [0.2, 0.25) is 5.88 Å². The number of piperidine rings is 1. The molecule has 2 heterocycles. The molecule has 4 heteroatoms. The third-order valence-electron chi connectivity index (χ3n) is 4.14. The molecule has 1 N–H and O–H groups in total. The van der Waals surface area contributed by atoms with E-state index in [-0.39, 0.29) is 6.10 Å². The molecule has 2 aromatic rings. The number of nitrogens with one attached hydrogen (secondary N) is 1. The van der Waals surface area contributed by atoms with E-state index < -0.39 is 0 Å². The number of hydrogen-bond donors (Lipinski definition) is 1. The summed E-state index contributed by atoms with van der Waals surface area (Å²) < 4.78 is 6.26. The molecule has 0 unspecified atom stereocenters. The summed E-state index contributed by atoms with van der Waals surface area (Å²) in [5.41, 5.74) is 1.10. The molecule has 0 aliphatic carbocycles. The van der Waals surface area contributed by atoms with Crippen LogP contribution in [0.5, 0.6) is 5.88 Å². The zero-order valence-electron chi connectivity index (χ0n) is 13.7. The molecule has 1 aliphatic heterocycles. The summed E-state index contributed by atoms with van der Waals surface area (Å²) in [5.74, 6) is 0.760. The molecule has 4 nitrogen and oxygen atoms in total. The predicted molar refractivity (Wildman–Crippen MR) is 91.6 cm³/mol. The molecule has 0 bridgehead atoms. The van der Waals surface area contributed by atoms with Gasteiger partial charge >= 0.3 is 0 Å². The number of rotatable bonds is 4. The second-order valence-electron chi connectivity index (χ2n) is 6.44. The average molecular weight is 299 g/mol. The fourth-order valence-electron chi connectivity index (χ4n) is 2.98. The molecule has 0 amide bonds. The number of aromatic nitrogens is 1. The molecule has 1 aromatic heterocycles. The summed E-state index contributed by atoms with van der Waals surface area (Å²) in [4.78, 5) is 6.86. The van der Waals surface area contributed by atoms with Crippen molar-refractivity contribution in [2.45, 2.75) is 38.8 Å². The lowest BCUT2D eigenvalue weighted by atomic mass is 10.1. The van der Waals surface area contributed by atoms with Crippen molar-refractivity contribution in [2.24, 2.45) is 0 Å². The number of pyridine rings is 1. The van der Waals surface area contributed by atoms with E-state index in [1.54, 1.807) is 0 Å². The molecule has 118 valence electrons. The van der Waals surface area contributed by atoms with Gasteiger partial charge in [-0.1, -0.05) is 12.1 Å². The average Bonchev–Trinajstić information content (AvgIpc) is 2.49. The summed E-state index contributed by atoms with van der Waals surface area (Å²) >= 11 is 0. The van der Waals surface area contributed by atoms with Crippen molar-refractivity contribution in [3.05, 3.63) is 30.5 Å². The lowest BCUT2D eigenvalue weighted by molar-refractivity contribution is 0.111. The van der Waals surface area contributed by atoms with E-state index in [9.17, 15) is 0 Å². The molecule has 0 radical (unpaired) electrons. The van der Waals surface area contributed by atoms with E-state index in [2.05, 4.69) is 54.3 Å². The van der Waals surface area contributed by atoms with Gasteiger partial charge in [0.1, 0.15) is 6.10 Å². The Labute approximate surface area is 132 Å². The monoisotopic (exact) mass is 299 g/mol. The topological polar surface area (TPSA) is 37.4 Å². The van der Waals surface area contributed by atoms with Crippen LogP contribution in [0.25, 0.3) is 10.8 Å². The second kappa shape index (κ2) is 6.53. The van der Waals surface area contributed by atoms with Crippen molar-refractivity contribution in [1.82, 2.24) is 9.88 Å². The molecule has 3 rings (SSSR count). The van der Waals surface area contributed by atoms with Gasteiger partial charge in [0.25, 0.3) is 0 Å².